The SMILES string of the molecule is C=CCc1cc(C(=O)Nc2ccccc2N2CCOC2=O)cc(OC)c1OC. The van der Waals surface area contributed by atoms with E-state index >= 15 is 0 Å². The number of carbonyl (C=O) groups excluding carboxylic acids is 2. The number of ether oxygens (including phenoxy) is 3. The number of benzene rings is 2. The highest BCUT2D eigenvalue weighted by molar-refractivity contribution is 6.07. The van der Waals surface area contributed by atoms with E-state index in [4.69, 9.17) is 14.2 Å². The molecule has 1 heterocycles. The Morgan fingerprint density at radius 1 is 1.29 bits per heavy atom. The van der Waals surface area contributed by atoms with Crippen LogP contribution in [0, 0.1) is 0 Å². The van der Waals surface area contributed by atoms with E-state index in [1.54, 1.807) is 49.6 Å². The first-order chi connectivity index (χ1) is 13.6. The van der Waals surface area contributed by atoms with Crippen molar-refractivity contribution in [3.8, 4) is 11.5 Å². The fraction of sp³-hybridized carbons (Fsp3) is 0.238. The maximum Gasteiger partial charge on any atom is 0.414 e. The average molecular weight is 382 g/mol. The van der Waals surface area contributed by atoms with Crippen molar-refractivity contribution in [2.45, 2.75) is 6.42 Å². The zero-order valence-electron chi connectivity index (χ0n) is 15.9. The molecule has 28 heavy (non-hydrogen) atoms. The van der Waals surface area contributed by atoms with Crippen molar-refractivity contribution in [3.05, 3.63) is 60.2 Å². The lowest BCUT2D eigenvalue weighted by Crippen LogP contribution is -2.25. The van der Waals surface area contributed by atoms with Crippen LogP contribution in [0.5, 0.6) is 11.5 Å². The molecule has 0 bridgehead atoms. The lowest BCUT2D eigenvalue weighted by atomic mass is 10.0. The van der Waals surface area contributed by atoms with Crippen LogP contribution in [0.1, 0.15) is 15.9 Å². The Kier molecular flexibility index (Phi) is 5.84. The molecule has 0 atom stereocenters. The Morgan fingerprint density at radius 3 is 2.71 bits per heavy atom. The molecule has 3 rings (SSSR count). The number of para-hydroxylation sites is 2. The Balaban J connectivity index is 1.93. The second-order valence-electron chi connectivity index (χ2n) is 6.10. The molecule has 1 N–H and O–H groups in total. The quantitative estimate of drug-likeness (QED) is 0.740. The van der Waals surface area contributed by atoms with Crippen molar-refractivity contribution in [2.24, 2.45) is 0 Å². The first-order valence-electron chi connectivity index (χ1n) is 8.79. The monoisotopic (exact) mass is 382 g/mol. The molecule has 7 heteroatoms. The molecule has 146 valence electrons. The lowest BCUT2D eigenvalue weighted by Gasteiger charge is -2.18. The summed E-state index contributed by atoms with van der Waals surface area (Å²) in [4.78, 5) is 26.3. The predicted octanol–water partition coefficient (Wildman–Crippen LogP) is 3.64. The van der Waals surface area contributed by atoms with Gasteiger partial charge in [-0.15, -0.1) is 6.58 Å². The lowest BCUT2D eigenvalue weighted by molar-refractivity contribution is 0.102. The number of carbonyl (C=O) groups is 2. The second-order valence-corrected chi connectivity index (χ2v) is 6.10. The zero-order chi connectivity index (χ0) is 20.1. The summed E-state index contributed by atoms with van der Waals surface area (Å²) in [7, 11) is 3.07. The number of allylic oxidation sites excluding steroid dienone is 1. The van der Waals surface area contributed by atoms with Gasteiger partial charge in [-0.3, -0.25) is 9.69 Å². The Labute approximate surface area is 163 Å². The summed E-state index contributed by atoms with van der Waals surface area (Å²) < 4.78 is 15.8. The van der Waals surface area contributed by atoms with Crippen LogP contribution >= 0.6 is 0 Å². The van der Waals surface area contributed by atoms with E-state index in [9.17, 15) is 9.59 Å². The Morgan fingerprint density at radius 2 is 2.07 bits per heavy atom. The van der Waals surface area contributed by atoms with Crippen molar-refractivity contribution in [2.75, 3.05) is 37.6 Å². The van der Waals surface area contributed by atoms with Crippen molar-refractivity contribution in [1.82, 2.24) is 0 Å². The fourth-order valence-electron chi connectivity index (χ4n) is 3.10. The normalized spacial score (nSPS) is 13.1. The maximum absolute atomic E-state index is 12.9. The number of anilines is 2. The summed E-state index contributed by atoms with van der Waals surface area (Å²) in [5, 5.41) is 2.87. The highest BCUT2D eigenvalue weighted by atomic mass is 16.6. The molecule has 0 spiro atoms. The fourth-order valence-corrected chi connectivity index (χ4v) is 3.10. The van der Waals surface area contributed by atoms with Crippen LogP contribution in [-0.4, -0.2) is 39.4 Å². The van der Waals surface area contributed by atoms with Gasteiger partial charge in [-0.25, -0.2) is 4.79 Å². The van der Waals surface area contributed by atoms with Gasteiger partial charge in [0.25, 0.3) is 5.91 Å². The standard InChI is InChI=1S/C21H22N2O5/c1-4-7-14-12-15(13-18(26-2)19(14)27-3)20(24)22-16-8-5-6-9-17(16)23-10-11-28-21(23)25/h4-6,8-9,12-13H,1,7,10-11H2,2-3H3,(H,22,24). The number of hydrogen-bond donors (Lipinski definition) is 1. The largest absolute Gasteiger partial charge is 0.493 e. The topological polar surface area (TPSA) is 77.1 Å². The number of amides is 2. The van der Waals surface area contributed by atoms with E-state index in [-0.39, 0.29) is 5.91 Å². The van der Waals surface area contributed by atoms with E-state index in [2.05, 4.69) is 11.9 Å². The number of cyclic esters (lactones) is 1. The summed E-state index contributed by atoms with van der Waals surface area (Å²) >= 11 is 0. The van der Waals surface area contributed by atoms with Gasteiger partial charge in [0.05, 0.1) is 32.1 Å². The number of methoxy groups -OCH3 is 2. The summed E-state index contributed by atoms with van der Waals surface area (Å²) in [5.74, 6) is 0.703. The van der Waals surface area contributed by atoms with Crippen LogP contribution < -0.4 is 19.7 Å². The average Bonchev–Trinajstić information content (AvgIpc) is 3.13. The van der Waals surface area contributed by atoms with Crippen LogP contribution in [-0.2, 0) is 11.2 Å². The van der Waals surface area contributed by atoms with Crippen molar-refractivity contribution >= 4 is 23.4 Å². The molecule has 0 saturated carbocycles. The highest BCUT2D eigenvalue weighted by Gasteiger charge is 2.26. The molecule has 0 aromatic heterocycles. The van der Waals surface area contributed by atoms with Gasteiger partial charge in [-0.1, -0.05) is 18.2 Å². The van der Waals surface area contributed by atoms with Gasteiger partial charge in [0.15, 0.2) is 11.5 Å². The van der Waals surface area contributed by atoms with Crippen LogP contribution in [0.2, 0.25) is 0 Å². The second kappa shape index (κ2) is 8.47. The Bertz CT molecular complexity index is 910. The van der Waals surface area contributed by atoms with E-state index in [0.29, 0.717) is 48.0 Å². The van der Waals surface area contributed by atoms with Gasteiger partial charge in [-0.2, -0.15) is 0 Å². The number of hydrogen-bond acceptors (Lipinski definition) is 5. The van der Waals surface area contributed by atoms with Gasteiger partial charge in [-0.05, 0) is 30.7 Å². The molecule has 2 amide bonds. The minimum atomic E-state index is -0.430. The molecular formula is C21H22N2O5. The minimum absolute atomic E-state index is 0.321. The smallest absolute Gasteiger partial charge is 0.414 e. The summed E-state index contributed by atoms with van der Waals surface area (Å²) in [6.45, 7) is 4.50. The van der Waals surface area contributed by atoms with E-state index in [1.807, 2.05) is 0 Å². The van der Waals surface area contributed by atoms with E-state index < -0.39 is 6.09 Å². The maximum atomic E-state index is 12.9. The molecule has 0 radical (unpaired) electrons. The molecule has 0 unspecified atom stereocenters. The van der Waals surface area contributed by atoms with Crippen LogP contribution in [0.25, 0.3) is 0 Å². The summed E-state index contributed by atoms with van der Waals surface area (Å²) in [6, 6.07) is 10.5. The third kappa shape index (κ3) is 3.78. The summed E-state index contributed by atoms with van der Waals surface area (Å²) in [6.07, 6.45) is 1.82. The minimum Gasteiger partial charge on any atom is -0.493 e. The molecule has 2 aromatic carbocycles. The molecule has 0 aliphatic carbocycles. The van der Waals surface area contributed by atoms with Gasteiger partial charge < -0.3 is 19.5 Å². The first-order valence-corrected chi connectivity index (χ1v) is 8.79. The van der Waals surface area contributed by atoms with Crippen molar-refractivity contribution in [1.29, 1.82) is 0 Å². The van der Waals surface area contributed by atoms with Gasteiger partial charge in [0.1, 0.15) is 6.61 Å². The number of nitrogens with zero attached hydrogens (tertiary/aromatic N) is 1. The zero-order valence-corrected chi connectivity index (χ0v) is 15.9. The molecule has 1 fully saturated rings. The number of rotatable bonds is 7. The molecule has 1 aliphatic heterocycles. The Hall–Kier alpha value is -3.48. The molecule has 1 saturated heterocycles. The molecule has 7 nitrogen and oxygen atoms in total. The summed E-state index contributed by atoms with van der Waals surface area (Å²) in [5.41, 5.74) is 2.31. The third-order valence-corrected chi connectivity index (χ3v) is 4.39. The molecule has 2 aromatic rings. The van der Waals surface area contributed by atoms with Gasteiger partial charge >= 0.3 is 6.09 Å². The van der Waals surface area contributed by atoms with E-state index in [1.165, 1.54) is 12.0 Å². The van der Waals surface area contributed by atoms with Crippen LogP contribution in [0.4, 0.5) is 16.2 Å². The first kappa shape index (κ1) is 19.3. The molecular weight excluding hydrogens is 360 g/mol. The number of nitrogens with one attached hydrogen (secondary N) is 1. The van der Waals surface area contributed by atoms with Crippen molar-refractivity contribution in [3.63, 3.8) is 0 Å². The highest BCUT2D eigenvalue weighted by Crippen LogP contribution is 2.34. The third-order valence-electron chi connectivity index (χ3n) is 4.39. The van der Waals surface area contributed by atoms with E-state index in [0.717, 1.165) is 5.56 Å². The van der Waals surface area contributed by atoms with Crippen LogP contribution in [0.15, 0.2) is 49.1 Å². The molecule has 1 aliphatic rings. The van der Waals surface area contributed by atoms with Crippen LogP contribution in [0.3, 0.4) is 0 Å². The van der Waals surface area contributed by atoms with Crippen molar-refractivity contribution < 1.29 is 23.8 Å². The van der Waals surface area contributed by atoms with Gasteiger partial charge in [0, 0.05) is 11.1 Å². The van der Waals surface area contributed by atoms with Gasteiger partial charge in [0.2, 0.25) is 0 Å². The predicted molar refractivity (Wildman–Crippen MR) is 107 cm³/mol.